The van der Waals surface area contributed by atoms with Crippen molar-refractivity contribution in [2.24, 2.45) is 5.92 Å². The van der Waals surface area contributed by atoms with Gasteiger partial charge in [-0.25, -0.2) is 0 Å². The molecule has 1 amide bonds. The Morgan fingerprint density at radius 1 is 1.43 bits per heavy atom. The van der Waals surface area contributed by atoms with Gasteiger partial charge in [-0.05, 0) is 49.9 Å². The number of nitrogens with zero attached hydrogens (tertiary/aromatic N) is 1. The maximum Gasteiger partial charge on any atom is 0.316 e. The summed E-state index contributed by atoms with van der Waals surface area (Å²) < 4.78 is 5.92. The molecule has 1 aliphatic carbocycles. The van der Waals surface area contributed by atoms with Gasteiger partial charge in [-0.15, -0.1) is 11.8 Å². The summed E-state index contributed by atoms with van der Waals surface area (Å²) in [7, 11) is 0. The molecule has 0 spiro atoms. The van der Waals surface area contributed by atoms with Crippen molar-refractivity contribution in [2.45, 2.75) is 30.2 Å². The third kappa shape index (κ3) is 5.56. The van der Waals surface area contributed by atoms with E-state index in [9.17, 15) is 14.9 Å². The van der Waals surface area contributed by atoms with Crippen LogP contribution in [-0.4, -0.2) is 29.8 Å². The summed E-state index contributed by atoms with van der Waals surface area (Å²) in [6, 6.07) is 9.69. The molecule has 0 aromatic heterocycles. The number of carbonyl (C=O) groups excluding carboxylic acids is 2. The van der Waals surface area contributed by atoms with Gasteiger partial charge in [-0.1, -0.05) is 15.9 Å². The van der Waals surface area contributed by atoms with Crippen molar-refractivity contribution >= 4 is 39.6 Å². The van der Waals surface area contributed by atoms with Crippen LogP contribution in [0.15, 0.2) is 33.6 Å². The van der Waals surface area contributed by atoms with Gasteiger partial charge in [0.2, 0.25) is 0 Å². The van der Waals surface area contributed by atoms with E-state index in [1.54, 1.807) is 6.92 Å². The first-order valence-corrected chi connectivity index (χ1v) is 8.97. The second kappa shape index (κ2) is 7.84. The van der Waals surface area contributed by atoms with Crippen LogP contribution in [-0.2, 0) is 14.3 Å². The number of hydrogen-bond acceptors (Lipinski definition) is 5. The van der Waals surface area contributed by atoms with E-state index in [0.717, 1.165) is 22.2 Å². The summed E-state index contributed by atoms with van der Waals surface area (Å²) in [6.45, 7) is 1.34. The van der Waals surface area contributed by atoms with Gasteiger partial charge in [0, 0.05) is 9.37 Å². The normalized spacial score (nSPS) is 16.0. The summed E-state index contributed by atoms with van der Waals surface area (Å²) >= 11 is 4.68. The summed E-state index contributed by atoms with van der Waals surface area (Å²) in [5.74, 6) is -0.575. The predicted molar refractivity (Wildman–Crippen MR) is 90.7 cm³/mol. The Hall–Kier alpha value is -1.52. The quantitative estimate of drug-likeness (QED) is 0.566. The van der Waals surface area contributed by atoms with Crippen LogP contribution in [0.5, 0.6) is 0 Å². The number of esters is 1. The third-order valence-electron chi connectivity index (χ3n) is 3.56. The van der Waals surface area contributed by atoms with Gasteiger partial charge in [-0.3, -0.25) is 9.59 Å². The van der Waals surface area contributed by atoms with Crippen LogP contribution >= 0.6 is 27.7 Å². The molecular formula is C16H17BrN2O3S. The molecule has 23 heavy (non-hydrogen) atoms. The summed E-state index contributed by atoms with van der Waals surface area (Å²) in [5, 5.41) is 11.8. The first-order chi connectivity index (χ1) is 10.9. The second-order valence-electron chi connectivity index (χ2n) is 5.54. The van der Waals surface area contributed by atoms with E-state index in [4.69, 9.17) is 4.74 Å². The molecule has 0 unspecified atom stereocenters. The minimum absolute atomic E-state index is 0.132. The maximum absolute atomic E-state index is 11.8. The van der Waals surface area contributed by atoms with Crippen LogP contribution in [0.25, 0.3) is 0 Å². The molecular weight excluding hydrogens is 380 g/mol. The van der Waals surface area contributed by atoms with Crippen molar-refractivity contribution in [3.63, 3.8) is 0 Å². The number of rotatable bonds is 7. The SMILES string of the molecule is C[C@@](C#N)(NC(=O)COC(=O)CSc1ccc(Br)cc1)C1CC1. The molecule has 5 nitrogen and oxygen atoms in total. The monoisotopic (exact) mass is 396 g/mol. The minimum atomic E-state index is -0.865. The highest BCUT2D eigenvalue weighted by atomic mass is 79.9. The number of nitriles is 1. The first-order valence-electron chi connectivity index (χ1n) is 7.19. The third-order valence-corrected chi connectivity index (χ3v) is 5.07. The zero-order valence-corrected chi connectivity index (χ0v) is 15.1. The van der Waals surface area contributed by atoms with Crippen LogP contribution < -0.4 is 5.32 Å². The van der Waals surface area contributed by atoms with Gasteiger partial charge < -0.3 is 10.1 Å². The van der Waals surface area contributed by atoms with Crippen molar-refractivity contribution < 1.29 is 14.3 Å². The molecule has 1 atom stereocenters. The fourth-order valence-corrected chi connectivity index (χ4v) is 3.03. The summed E-state index contributed by atoms with van der Waals surface area (Å²) in [5.41, 5.74) is -0.865. The lowest BCUT2D eigenvalue weighted by Gasteiger charge is -2.22. The molecule has 0 bridgehead atoms. The average molecular weight is 397 g/mol. The molecule has 1 aromatic carbocycles. The number of ether oxygens (including phenoxy) is 1. The van der Waals surface area contributed by atoms with Crippen molar-refractivity contribution in [1.29, 1.82) is 5.26 Å². The lowest BCUT2D eigenvalue weighted by molar-refractivity contribution is -0.146. The van der Waals surface area contributed by atoms with Crippen molar-refractivity contribution in [3.8, 4) is 6.07 Å². The Morgan fingerprint density at radius 2 is 2.09 bits per heavy atom. The van der Waals surface area contributed by atoms with Crippen LogP contribution in [0, 0.1) is 17.2 Å². The number of amides is 1. The van der Waals surface area contributed by atoms with E-state index in [-0.39, 0.29) is 18.3 Å². The molecule has 1 aliphatic rings. The smallest absolute Gasteiger partial charge is 0.316 e. The highest BCUT2D eigenvalue weighted by Crippen LogP contribution is 2.39. The number of thioether (sulfide) groups is 1. The van der Waals surface area contributed by atoms with Gasteiger partial charge in [0.25, 0.3) is 5.91 Å². The van der Waals surface area contributed by atoms with E-state index in [2.05, 4.69) is 27.3 Å². The van der Waals surface area contributed by atoms with Gasteiger partial charge >= 0.3 is 5.97 Å². The van der Waals surface area contributed by atoms with Crippen LogP contribution in [0.4, 0.5) is 0 Å². The minimum Gasteiger partial charge on any atom is -0.455 e. The van der Waals surface area contributed by atoms with Crippen molar-refractivity contribution in [2.75, 3.05) is 12.4 Å². The molecule has 1 aromatic rings. The predicted octanol–water partition coefficient (Wildman–Crippen LogP) is 2.89. The average Bonchev–Trinajstić information content (AvgIpc) is 3.37. The van der Waals surface area contributed by atoms with E-state index in [0.29, 0.717) is 0 Å². The largest absolute Gasteiger partial charge is 0.455 e. The molecule has 0 radical (unpaired) electrons. The van der Waals surface area contributed by atoms with E-state index in [1.807, 2.05) is 24.3 Å². The van der Waals surface area contributed by atoms with Crippen molar-refractivity contribution in [3.05, 3.63) is 28.7 Å². The molecule has 2 rings (SSSR count). The highest BCUT2D eigenvalue weighted by molar-refractivity contribution is 9.10. The highest BCUT2D eigenvalue weighted by Gasteiger charge is 2.43. The standard InChI is InChI=1S/C16H17BrN2O3S/c1-16(10-18,11-2-3-11)19-14(20)8-22-15(21)9-23-13-6-4-12(17)5-7-13/h4-7,11H,2-3,8-9H2,1H3,(H,19,20)/t16-/m0/s1. The van der Waals surface area contributed by atoms with Gasteiger partial charge in [0.05, 0.1) is 11.8 Å². The van der Waals surface area contributed by atoms with Gasteiger partial charge in [0.1, 0.15) is 5.54 Å². The Balaban J connectivity index is 1.70. The first kappa shape index (κ1) is 17.8. The Kier molecular flexibility index (Phi) is 6.08. The summed E-state index contributed by atoms with van der Waals surface area (Å²) in [6.07, 6.45) is 1.88. The maximum atomic E-state index is 11.8. The van der Waals surface area contributed by atoms with Crippen molar-refractivity contribution in [1.82, 2.24) is 5.32 Å². The molecule has 1 fully saturated rings. The van der Waals surface area contributed by atoms with Crippen LogP contribution in [0.3, 0.4) is 0 Å². The fourth-order valence-electron chi connectivity index (χ4n) is 2.07. The Labute approximate surface area is 147 Å². The van der Waals surface area contributed by atoms with E-state index < -0.39 is 17.4 Å². The van der Waals surface area contributed by atoms with Crippen LogP contribution in [0.2, 0.25) is 0 Å². The molecule has 0 aliphatic heterocycles. The number of nitrogens with one attached hydrogen (secondary N) is 1. The Bertz CT molecular complexity index is 625. The lowest BCUT2D eigenvalue weighted by atomic mass is 9.98. The Morgan fingerprint density at radius 3 is 2.65 bits per heavy atom. The molecule has 0 heterocycles. The van der Waals surface area contributed by atoms with E-state index >= 15 is 0 Å². The molecule has 7 heteroatoms. The van der Waals surface area contributed by atoms with Crippen LogP contribution in [0.1, 0.15) is 19.8 Å². The summed E-state index contributed by atoms with van der Waals surface area (Å²) in [4.78, 5) is 24.4. The molecule has 1 N–H and O–H groups in total. The molecule has 1 saturated carbocycles. The fraction of sp³-hybridized carbons (Fsp3) is 0.438. The van der Waals surface area contributed by atoms with Gasteiger partial charge in [-0.2, -0.15) is 5.26 Å². The number of carbonyl (C=O) groups is 2. The van der Waals surface area contributed by atoms with E-state index in [1.165, 1.54) is 11.8 Å². The number of hydrogen-bond donors (Lipinski definition) is 1. The number of benzene rings is 1. The second-order valence-corrected chi connectivity index (χ2v) is 7.50. The lowest BCUT2D eigenvalue weighted by Crippen LogP contribution is -2.48. The molecule has 0 saturated heterocycles. The zero-order chi connectivity index (χ0) is 16.9. The van der Waals surface area contributed by atoms with Gasteiger partial charge in [0.15, 0.2) is 6.61 Å². The topological polar surface area (TPSA) is 79.2 Å². The number of halogens is 1. The zero-order valence-electron chi connectivity index (χ0n) is 12.7. The molecule has 122 valence electrons.